The zero-order valence-corrected chi connectivity index (χ0v) is 11.1. The van der Waals surface area contributed by atoms with Crippen LogP contribution in [0.4, 0.5) is 0 Å². The average Bonchev–Trinajstić information content (AvgIpc) is 2.50. The Morgan fingerprint density at radius 2 is 2.33 bits per heavy atom. The highest BCUT2D eigenvalue weighted by molar-refractivity contribution is 9.11. The molecule has 0 radical (unpaired) electrons. The minimum Gasteiger partial charge on any atom is -0.481 e. The zero-order chi connectivity index (χ0) is 11.6. The van der Waals surface area contributed by atoms with Crippen molar-refractivity contribution in [3.8, 4) is 0 Å². The number of aliphatic carboxylic acids is 1. The highest BCUT2D eigenvalue weighted by atomic mass is 79.9. The molecule has 0 aromatic carbocycles. The molecule has 2 atom stereocenters. The van der Waals surface area contributed by atoms with Crippen molar-refractivity contribution in [3.05, 3.63) is 20.8 Å². The average molecular weight is 292 g/mol. The van der Waals surface area contributed by atoms with Gasteiger partial charge in [0.05, 0.1) is 10.2 Å². The van der Waals surface area contributed by atoms with E-state index in [4.69, 9.17) is 10.8 Å². The van der Waals surface area contributed by atoms with E-state index in [2.05, 4.69) is 15.9 Å². The highest BCUT2D eigenvalue weighted by Crippen LogP contribution is 2.37. The van der Waals surface area contributed by atoms with Crippen LogP contribution in [0.1, 0.15) is 25.1 Å². The quantitative estimate of drug-likeness (QED) is 0.896. The fraction of sp³-hybridized carbons (Fsp3) is 0.500. The van der Waals surface area contributed by atoms with Crippen LogP contribution in [0.2, 0.25) is 0 Å². The van der Waals surface area contributed by atoms with E-state index in [9.17, 15) is 4.79 Å². The van der Waals surface area contributed by atoms with Gasteiger partial charge in [-0.25, -0.2) is 0 Å². The van der Waals surface area contributed by atoms with Crippen LogP contribution < -0.4 is 5.73 Å². The zero-order valence-electron chi connectivity index (χ0n) is 8.66. The molecule has 3 N–H and O–H groups in total. The van der Waals surface area contributed by atoms with Crippen LogP contribution in [0.5, 0.6) is 0 Å². The van der Waals surface area contributed by atoms with E-state index in [1.807, 2.05) is 26.0 Å². The first kappa shape index (κ1) is 12.7. The molecular weight excluding hydrogens is 278 g/mol. The van der Waals surface area contributed by atoms with Gasteiger partial charge in [-0.3, -0.25) is 4.79 Å². The molecule has 1 aromatic rings. The fourth-order valence-electron chi connectivity index (χ4n) is 1.41. The first-order valence-electron chi connectivity index (χ1n) is 4.59. The van der Waals surface area contributed by atoms with Crippen LogP contribution in [0.15, 0.2) is 15.9 Å². The maximum absolute atomic E-state index is 10.8. The van der Waals surface area contributed by atoms with E-state index in [0.717, 1.165) is 8.66 Å². The van der Waals surface area contributed by atoms with E-state index in [1.54, 1.807) is 0 Å². The standard InChI is InChI=1S/C10H14BrNO2S/c1-6(12)10(2,5-9(13)14)7-3-4-8(11)15-7/h3-4,6H,5,12H2,1-2H3,(H,13,14). The van der Waals surface area contributed by atoms with Crippen molar-refractivity contribution >= 4 is 33.2 Å². The minimum atomic E-state index is -0.820. The van der Waals surface area contributed by atoms with Gasteiger partial charge in [-0.15, -0.1) is 11.3 Å². The lowest BCUT2D eigenvalue weighted by Crippen LogP contribution is -2.42. The van der Waals surface area contributed by atoms with Crippen molar-refractivity contribution in [2.24, 2.45) is 5.73 Å². The molecule has 0 aliphatic heterocycles. The lowest BCUT2D eigenvalue weighted by Gasteiger charge is -2.30. The van der Waals surface area contributed by atoms with Gasteiger partial charge in [0.1, 0.15) is 0 Å². The summed E-state index contributed by atoms with van der Waals surface area (Å²) in [6.45, 7) is 3.74. The minimum absolute atomic E-state index is 0.0532. The maximum Gasteiger partial charge on any atom is 0.304 e. The number of halogens is 1. The monoisotopic (exact) mass is 291 g/mol. The molecule has 0 spiro atoms. The summed E-state index contributed by atoms with van der Waals surface area (Å²) in [5.41, 5.74) is 5.39. The van der Waals surface area contributed by atoms with Crippen molar-refractivity contribution < 1.29 is 9.90 Å². The number of rotatable bonds is 4. The summed E-state index contributed by atoms with van der Waals surface area (Å²) in [5, 5.41) is 8.90. The Hall–Kier alpha value is -0.390. The molecule has 0 saturated heterocycles. The predicted octanol–water partition coefficient (Wildman–Crippen LogP) is 2.59. The van der Waals surface area contributed by atoms with Crippen LogP contribution in [0, 0.1) is 0 Å². The normalized spacial score (nSPS) is 17.1. The van der Waals surface area contributed by atoms with Gasteiger partial charge >= 0.3 is 5.97 Å². The number of thiophene rings is 1. The van der Waals surface area contributed by atoms with E-state index in [1.165, 1.54) is 11.3 Å². The van der Waals surface area contributed by atoms with Crippen molar-refractivity contribution in [2.45, 2.75) is 31.7 Å². The Morgan fingerprint density at radius 1 is 1.73 bits per heavy atom. The number of hydrogen-bond acceptors (Lipinski definition) is 3. The number of hydrogen-bond donors (Lipinski definition) is 2. The third-order valence-corrected chi connectivity index (χ3v) is 4.56. The molecule has 84 valence electrons. The second-order valence-corrected chi connectivity index (χ2v) is 6.34. The molecule has 0 saturated carbocycles. The molecule has 3 nitrogen and oxygen atoms in total. The third-order valence-electron chi connectivity index (χ3n) is 2.66. The Balaban J connectivity index is 3.06. The summed E-state index contributed by atoms with van der Waals surface area (Å²) in [6, 6.07) is 3.66. The number of nitrogens with two attached hydrogens (primary N) is 1. The van der Waals surface area contributed by atoms with Crippen molar-refractivity contribution in [2.75, 3.05) is 0 Å². The number of carbonyl (C=O) groups is 1. The van der Waals surface area contributed by atoms with E-state index in [0.29, 0.717) is 0 Å². The lowest BCUT2D eigenvalue weighted by molar-refractivity contribution is -0.138. The van der Waals surface area contributed by atoms with Gasteiger partial charge in [0.2, 0.25) is 0 Å². The Morgan fingerprint density at radius 3 is 2.67 bits per heavy atom. The smallest absolute Gasteiger partial charge is 0.304 e. The molecule has 0 bridgehead atoms. The van der Waals surface area contributed by atoms with Crippen LogP contribution >= 0.6 is 27.3 Å². The van der Waals surface area contributed by atoms with Gasteiger partial charge in [-0.2, -0.15) is 0 Å². The van der Waals surface area contributed by atoms with Gasteiger partial charge in [-0.05, 0) is 35.0 Å². The van der Waals surface area contributed by atoms with E-state index >= 15 is 0 Å². The van der Waals surface area contributed by atoms with E-state index in [-0.39, 0.29) is 12.5 Å². The van der Waals surface area contributed by atoms with Crippen molar-refractivity contribution in [1.29, 1.82) is 0 Å². The molecule has 5 heteroatoms. The Kier molecular flexibility index (Phi) is 3.92. The molecule has 0 aliphatic rings. The van der Waals surface area contributed by atoms with Crippen molar-refractivity contribution in [1.82, 2.24) is 0 Å². The molecule has 0 amide bonds. The Labute approximate surface area is 101 Å². The molecule has 0 aliphatic carbocycles. The third kappa shape index (κ3) is 2.80. The number of carboxylic acids is 1. The van der Waals surface area contributed by atoms with Crippen LogP contribution in [-0.4, -0.2) is 17.1 Å². The van der Waals surface area contributed by atoms with Gasteiger partial charge < -0.3 is 10.8 Å². The summed E-state index contributed by atoms with van der Waals surface area (Å²) in [6.07, 6.45) is 0.0532. The van der Waals surface area contributed by atoms with E-state index < -0.39 is 11.4 Å². The van der Waals surface area contributed by atoms with Crippen molar-refractivity contribution in [3.63, 3.8) is 0 Å². The summed E-state index contributed by atoms with van der Waals surface area (Å²) in [7, 11) is 0. The summed E-state index contributed by atoms with van der Waals surface area (Å²) >= 11 is 4.91. The summed E-state index contributed by atoms with van der Waals surface area (Å²) in [5.74, 6) is -0.820. The SMILES string of the molecule is CC(N)C(C)(CC(=O)O)c1ccc(Br)s1. The second kappa shape index (κ2) is 4.63. The number of carboxylic acid groups (broad SMARTS) is 1. The van der Waals surface area contributed by atoms with Gasteiger partial charge in [0.25, 0.3) is 0 Å². The Bertz CT molecular complexity index is 364. The van der Waals surface area contributed by atoms with Crippen LogP contribution in [0.3, 0.4) is 0 Å². The van der Waals surface area contributed by atoms with Crippen LogP contribution in [0.25, 0.3) is 0 Å². The van der Waals surface area contributed by atoms with Gasteiger partial charge in [0.15, 0.2) is 0 Å². The predicted molar refractivity (Wildman–Crippen MR) is 65.3 cm³/mol. The summed E-state index contributed by atoms with van der Waals surface area (Å²) < 4.78 is 0.995. The first-order chi connectivity index (χ1) is 6.86. The summed E-state index contributed by atoms with van der Waals surface area (Å²) in [4.78, 5) is 11.8. The molecule has 1 aromatic heterocycles. The second-order valence-electron chi connectivity index (χ2n) is 3.88. The molecule has 1 heterocycles. The van der Waals surface area contributed by atoms with Gasteiger partial charge in [0, 0.05) is 16.3 Å². The maximum atomic E-state index is 10.8. The largest absolute Gasteiger partial charge is 0.481 e. The lowest BCUT2D eigenvalue weighted by atomic mass is 9.79. The first-order valence-corrected chi connectivity index (χ1v) is 6.20. The molecule has 0 fully saturated rings. The van der Waals surface area contributed by atoms with Gasteiger partial charge in [-0.1, -0.05) is 6.92 Å². The fourth-order valence-corrected chi connectivity index (χ4v) is 3.04. The molecule has 15 heavy (non-hydrogen) atoms. The molecule has 2 unspecified atom stereocenters. The topological polar surface area (TPSA) is 63.3 Å². The molecule has 1 rings (SSSR count). The van der Waals surface area contributed by atoms with Crippen LogP contribution in [-0.2, 0) is 10.2 Å². The molecular formula is C10H14BrNO2S. The highest BCUT2D eigenvalue weighted by Gasteiger charge is 2.34.